The molecule has 0 atom stereocenters. The van der Waals surface area contributed by atoms with Crippen molar-refractivity contribution in [2.75, 3.05) is 18.2 Å². The van der Waals surface area contributed by atoms with Gasteiger partial charge in [-0.1, -0.05) is 31.4 Å². The number of benzene rings is 2. The lowest BCUT2D eigenvalue weighted by molar-refractivity contribution is -0.111. The Morgan fingerprint density at radius 1 is 1.12 bits per heavy atom. The van der Waals surface area contributed by atoms with Gasteiger partial charge in [-0.15, -0.1) is 23.1 Å². The quantitative estimate of drug-likeness (QED) is 0.284. The highest BCUT2D eigenvalue weighted by Gasteiger charge is 2.13. The zero-order valence-electron chi connectivity index (χ0n) is 18.3. The van der Waals surface area contributed by atoms with Crippen LogP contribution in [0.25, 0.3) is 17.3 Å². The number of rotatable bonds is 8. The van der Waals surface area contributed by atoms with E-state index in [2.05, 4.69) is 34.6 Å². The average Bonchev–Trinajstić information content (AvgIpc) is 3.31. The number of thioether (sulfide) groups is 1. The van der Waals surface area contributed by atoms with Gasteiger partial charge in [0.2, 0.25) is 5.91 Å². The molecule has 0 spiro atoms. The number of methoxy groups -OCH3 is 1. The number of ether oxygens (including phenoxy) is 1. The largest absolute Gasteiger partial charge is 0.497 e. The van der Waals surface area contributed by atoms with Gasteiger partial charge in [0.05, 0.1) is 12.8 Å². The lowest BCUT2D eigenvalue weighted by Crippen LogP contribution is -2.08. The van der Waals surface area contributed by atoms with Crippen molar-refractivity contribution in [3.8, 4) is 17.0 Å². The number of hydrogen-bond acceptors (Lipinski definition) is 5. The summed E-state index contributed by atoms with van der Waals surface area (Å²) in [5, 5.41) is 5.36. The standard InChI is InChI=1S/C26H28N2O2S2/c1-30-22-12-10-21(11-13-22)24-18-32-26(27-24)28-25(29)16-9-19-7-14-23(15-8-19)31-17-20-5-3-2-4-6-20/h7-16,18,20H,2-6,17H2,1H3,(H,27,28,29)/b16-9+. The maximum absolute atomic E-state index is 12.3. The van der Waals surface area contributed by atoms with Gasteiger partial charge in [0.1, 0.15) is 5.75 Å². The van der Waals surface area contributed by atoms with E-state index < -0.39 is 0 Å². The molecule has 0 unspecified atom stereocenters. The van der Waals surface area contributed by atoms with Crippen molar-refractivity contribution in [1.29, 1.82) is 0 Å². The van der Waals surface area contributed by atoms with Crippen molar-refractivity contribution in [1.82, 2.24) is 4.98 Å². The van der Waals surface area contributed by atoms with E-state index in [0.717, 1.165) is 28.5 Å². The maximum Gasteiger partial charge on any atom is 0.250 e. The molecule has 6 heteroatoms. The first-order chi connectivity index (χ1) is 15.7. The topological polar surface area (TPSA) is 51.2 Å². The summed E-state index contributed by atoms with van der Waals surface area (Å²) in [4.78, 5) is 18.1. The molecule has 32 heavy (non-hydrogen) atoms. The maximum atomic E-state index is 12.3. The molecule has 166 valence electrons. The van der Waals surface area contributed by atoms with Crippen LogP contribution in [0.2, 0.25) is 0 Å². The Hall–Kier alpha value is -2.57. The summed E-state index contributed by atoms with van der Waals surface area (Å²) in [7, 11) is 1.64. The van der Waals surface area contributed by atoms with E-state index >= 15 is 0 Å². The van der Waals surface area contributed by atoms with Crippen LogP contribution in [0, 0.1) is 5.92 Å². The summed E-state index contributed by atoms with van der Waals surface area (Å²) in [6, 6.07) is 16.1. The predicted octanol–water partition coefficient (Wildman–Crippen LogP) is 7.14. The van der Waals surface area contributed by atoms with Crippen LogP contribution in [0.3, 0.4) is 0 Å². The van der Waals surface area contributed by atoms with Gasteiger partial charge < -0.3 is 4.74 Å². The second-order valence-electron chi connectivity index (χ2n) is 7.97. The number of aromatic nitrogens is 1. The number of thiazole rings is 1. The monoisotopic (exact) mass is 464 g/mol. The molecule has 2 aromatic carbocycles. The van der Waals surface area contributed by atoms with Crippen LogP contribution in [0.1, 0.15) is 37.7 Å². The highest BCUT2D eigenvalue weighted by atomic mass is 32.2. The molecule has 1 aromatic heterocycles. The second kappa shape index (κ2) is 11.3. The average molecular weight is 465 g/mol. The normalized spacial score (nSPS) is 14.5. The van der Waals surface area contributed by atoms with Gasteiger partial charge in [-0.25, -0.2) is 4.98 Å². The molecule has 0 saturated heterocycles. The van der Waals surface area contributed by atoms with E-state index in [1.807, 2.05) is 47.5 Å². The number of carbonyl (C=O) groups excluding carboxylic acids is 1. The molecule has 0 bridgehead atoms. The molecule has 3 aromatic rings. The fraction of sp³-hybridized carbons (Fsp3) is 0.308. The Labute approximate surface area is 198 Å². The number of anilines is 1. The summed E-state index contributed by atoms with van der Waals surface area (Å²) in [6.45, 7) is 0. The van der Waals surface area contributed by atoms with Crippen molar-refractivity contribution in [3.05, 3.63) is 65.6 Å². The Kier molecular flexibility index (Phi) is 8.02. The number of carbonyl (C=O) groups is 1. The lowest BCUT2D eigenvalue weighted by atomic mass is 9.91. The van der Waals surface area contributed by atoms with Gasteiger partial charge in [0, 0.05) is 27.7 Å². The van der Waals surface area contributed by atoms with Crippen LogP contribution in [0.5, 0.6) is 5.75 Å². The first-order valence-electron chi connectivity index (χ1n) is 11.0. The second-order valence-corrected chi connectivity index (χ2v) is 9.92. The van der Waals surface area contributed by atoms with E-state index in [0.29, 0.717) is 5.13 Å². The summed E-state index contributed by atoms with van der Waals surface area (Å²) >= 11 is 3.36. The number of hydrogen-bond donors (Lipinski definition) is 1. The molecule has 0 radical (unpaired) electrons. The first kappa shape index (κ1) is 22.6. The third-order valence-corrected chi connectivity index (χ3v) is 7.64. The van der Waals surface area contributed by atoms with Crippen molar-refractivity contribution >= 4 is 40.2 Å². The Morgan fingerprint density at radius 3 is 2.59 bits per heavy atom. The molecule has 1 fully saturated rings. The lowest BCUT2D eigenvalue weighted by Gasteiger charge is -2.20. The zero-order chi connectivity index (χ0) is 22.2. The zero-order valence-corrected chi connectivity index (χ0v) is 19.9. The third kappa shape index (κ3) is 6.47. The van der Waals surface area contributed by atoms with Crippen LogP contribution in [0.15, 0.2) is 64.9 Å². The number of nitrogens with zero attached hydrogens (tertiary/aromatic N) is 1. The molecule has 1 aliphatic carbocycles. The van der Waals surface area contributed by atoms with Gasteiger partial charge in [0.25, 0.3) is 0 Å². The summed E-state index contributed by atoms with van der Waals surface area (Å²) in [5.41, 5.74) is 2.83. The van der Waals surface area contributed by atoms with Crippen molar-refractivity contribution in [2.24, 2.45) is 5.92 Å². The van der Waals surface area contributed by atoms with E-state index in [4.69, 9.17) is 4.74 Å². The Morgan fingerprint density at radius 2 is 1.88 bits per heavy atom. The Bertz CT molecular complexity index is 1040. The summed E-state index contributed by atoms with van der Waals surface area (Å²) < 4.78 is 5.19. The molecular weight excluding hydrogens is 436 g/mol. The van der Waals surface area contributed by atoms with Crippen molar-refractivity contribution < 1.29 is 9.53 Å². The smallest absolute Gasteiger partial charge is 0.250 e. The molecule has 1 aliphatic rings. The molecular formula is C26H28N2O2S2. The molecule has 4 nitrogen and oxygen atoms in total. The summed E-state index contributed by atoms with van der Waals surface area (Å²) in [6.07, 6.45) is 10.3. The molecule has 4 rings (SSSR count). The van der Waals surface area contributed by atoms with Gasteiger partial charge in [-0.05, 0) is 66.8 Å². The van der Waals surface area contributed by atoms with Crippen LogP contribution >= 0.6 is 23.1 Å². The van der Waals surface area contributed by atoms with Crippen molar-refractivity contribution in [2.45, 2.75) is 37.0 Å². The minimum atomic E-state index is -0.184. The fourth-order valence-corrected chi connectivity index (χ4v) is 5.60. The van der Waals surface area contributed by atoms with Gasteiger partial charge in [-0.3, -0.25) is 10.1 Å². The third-order valence-electron chi connectivity index (χ3n) is 5.64. The van der Waals surface area contributed by atoms with Crippen LogP contribution in [-0.2, 0) is 4.79 Å². The van der Waals surface area contributed by atoms with Gasteiger partial charge in [0.15, 0.2) is 5.13 Å². The van der Waals surface area contributed by atoms with Crippen molar-refractivity contribution in [3.63, 3.8) is 0 Å². The first-order valence-corrected chi connectivity index (χ1v) is 12.9. The van der Waals surface area contributed by atoms with Gasteiger partial charge >= 0.3 is 0 Å². The number of amides is 1. The molecule has 0 aliphatic heterocycles. The van der Waals surface area contributed by atoms with Crippen LogP contribution < -0.4 is 10.1 Å². The summed E-state index contributed by atoms with van der Waals surface area (Å²) in [5.74, 6) is 2.70. The van der Waals surface area contributed by atoms with Crippen LogP contribution in [-0.4, -0.2) is 23.8 Å². The van der Waals surface area contributed by atoms with E-state index in [1.165, 1.54) is 54.1 Å². The minimum Gasteiger partial charge on any atom is -0.497 e. The molecule has 1 saturated carbocycles. The minimum absolute atomic E-state index is 0.184. The number of nitrogens with one attached hydrogen (secondary N) is 1. The highest BCUT2D eigenvalue weighted by Crippen LogP contribution is 2.30. The highest BCUT2D eigenvalue weighted by molar-refractivity contribution is 7.99. The molecule has 1 heterocycles. The van der Waals surface area contributed by atoms with Gasteiger partial charge in [-0.2, -0.15) is 0 Å². The van der Waals surface area contributed by atoms with E-state index in [-0.39, 0.29) is 5.91 Å². The molecule has 1 amide bonds. The Balaban J connectivity index is 1.27. The predicted molar refractivity (Wildman–Crippen MR) is 136 cm³/mol. The van der Waals surface area contributed by atoms with Crippen LogP contribution in [0.4, 0.5) is 5.13 Å². The SMILES string of the molecule is COc1ccc(-c2csc(NC(=O)/C=C/c3ccc(SCC4CCCCC4)cc3)n2)cc1. The van der Waals surface area contributed by atoms with E-state index in [1.54, 1.807) is 13.2 Å². The fourth-order valence-electron chi connectivity index (χ4n) is 3.79. The van der Waals surface area contributed by atoms with E-state index in [9.17, 15) is 4.79 Å². The molecule has 1 N–H and O–H groups in total.